The van der Waals surface area contributed by atoms with Crippen LogP contribution >= 0.6 is 0 Å². The first-order chi connectivity index (χ1) is 12.0. The third kappa shape index (κ3) is 2.99. The van der Waals surface area contributed by atoms with Crippen LogP contribution in [0.4, 0.5) is 0 Å². The summed E-state index contributed by atoms with van der Waals surface area (Å²) in [5, 5.41) is 0. The van der Waals surface area contributed by atoms with Crippen LogP contribution in [0.15, 0.2) is 60.7 Å². The summed E-state index contributed by atoms with van der Waals surface area (Å²) < 4.78 is 13.0. The van der Waals surface area contributed by atoms with E-state index in [0.29, 0.717) is 6.61 Å². The Balaban J connectivity index is 1.76. The molecular formula is C23H24O2. The summed E-state index contributed by atoms with van der Waals surface area (Å²) in [5.74, 6) is 5.82. The van der Waals surface area contributed by atoms with Crippen LogP contribution in [0.5, 0.6) is 0 Å². The Bertz CT molecular complexity index is 759. The maximum atomic E-state index is 6.73. The van der Waals surface area contributed by atoms with Gasteiger partial charge in [0.25, 0.3) is 0 Å². The summed E-state index contributed by atoms with van der Waals surface area (Å²) in [4.78, 5) is 0. The molecule has 2 aliphatic heterocycles. The van der Waals surface area contributed by atoms with Crippen molar-refractivity contribution < 1.29 is 9.47 Å². The Labute approximate surface area is 150 Å². The highest BCUT2D eigenvalue weighted by atomic mass is 16.7. The van der Waals surface area contributed by atoms with Gasteiger partial charge < -0.3 is 9.47 Å². The molecule has 1 saturated heterocycles. The second-order valence-corrected chi connectivity index (χ2v) is 7.85. The first-order valence-electron chi connectivity index (χ1n) is 8.99. The zero-order chi connectivity index (χ0) is 17.4. The molecule has 2 heteroatoms. The predicted octanol–water partition coefficient (Wildman–Crippen LogP) is 4.89. The number of hydrogen-bond acceptors (Lipinski definition) is 2. The second kappa shape index (κ2) is 6.02. The van der Waals surface area contributed by atoms with Crippen molar-refractivity contribution in [3.63, 3.8) is 0 Å². The van der Waals surface area contributed by atoms with Gasteiger partial charge in [0.2, 0.25) is 5.79 Å². The van der Waals surface area contributed by atoms with E-state index in [-0.39, 0.29) is 5.41 Å². The van der Waals surface area contributed by atoms with Crippen LogP contribution in [0.2, 0.25) is 0 Å². The van der Waals surface area contributed by atoms with Crippen molar-refractivity contribution in [1.29, 1.82) is 0 Å². The fourth-order valence-corrected chi connectivity index (χ4v) is 3.72. The molecule has 0 N–H and O–H groups in total. The average Bonchev–Trinajstić information content (AvgIpc) is 2.96. The molecule has 2 aromatic rings. The minimum atomic E-state index is -0.806. The van der Waals surface area contributed by atoms with E-state index in [1.54, 1.807) is 0 Å². The highest BCUT2D eigenvalue weighted by molar-refractivity contribution is 5.39. The van der Waals surface area contributed by atoms with Gasteiger partial charge in [0, 0.05) is 12.8 Å². The van der Waals surface area contributed by atoms with Gasteiger partial charge >= 0.3 is 0 Å². The number of rotatable bonds is 2. The molecule has 2 heterocycles. The van der Waals surface area contributed by atoms with Crippen LogP contribution in [0, 0.1) is 17.3 Å². The Hall–Kier alpha value is -2.08. The Morgan fingerprint density at radius 2 is 1.44 bits per heavy atom. The lowest BCUT2D eigenvalue weighted by Gasteiger charge is -2.34. The molecule has 0 bridgehead atoms. The van der Waals surface area contributed by atoms with Crippen molar-refractivity contribution in [2.24, 2.45) is 5.41 Å². The molecule has 0 saturated carbocycles. The molecule has 1 fully saturated rings. The monoisotopic (exact) mass is 332 g/mol. The normalized spacial score (nSPS) is 26.6. The molecule has 2 nitrogen and oxygen atoms in total. The van der Waals surface area contributed by atoms with Crippen molar-refractivity contribution in [1.82, 2.24) is 0 Å². The van der Waals surface area contributed by atoms with E-state index in [1.165, 1.54) is 0 Å². The summed E-state index contributed by atoms with van der Waals surface area (Å²) in [6.07, 6.45) is 2.47. The van der Waals surface area contributed by atoms with Crippen LogP contribution in [-0.4, -0.2) is 12.4 Å². The molecule has 0 amide bonds. The highest BCUT2D eigenvalue weighted by Gasteiger charge is 2.52. The zero-order valence-corrected chi connectivity index (χ0v) is 14.9. The zero-order valence-electron chi connectivity index (χ0n) is 14.9. The van der Waals surface area contributed by atoms with Gasteiger partial charge in [-0.05, 0) is 28.9 Å². The van der Waals surface area contributed by atoms with E-state index in [2.05, 4.69) is 74.2 Å². The van der Waals surface area contributed by atoms with Gasteiger partial charge in [0.1, 0.15) is 5.60 Å². The lowest BCUT2D eigenvalue weighted by Crippen LogP contribution is -2.37. The number of benzene rings is 2. The van der Waals surface area contributed by atoms with Gasteiger partial charge in [-0.25, -0.2) is 0 Å². The molecule has 25 heavy (non-hydrogen) atoms. The third-order valence-corrected chi connectivity index (χ3v) is 5.17. The lowest BCUT2D eigenvalue weighted by molar-refractivity contribution is -0.218. The van der Waals surface area contributed by atoms with Gasteiger partial charge in [-0.1, -0.05) is 80.4 Å². The van der Waals surface area contributed by atoms with Gasteiger partial charge in [-0.15, -0.1) is 0 Å². The van der Waals surface area contributed by atoms with E-state index < -0.39 is 11.4 Å². The molecule has 0 radical (unpaired) electrons. The fraction of sp³-hybridized carbons (Fsp3) is 0.391. The average molecular weight is 332 g/mol. The fourth-order valence-electron chi connectivity index (χ4n) is 3.72. The molecule has 1 atom stereocenters. The Morgan fingerprint density at radius 3 is 2.04 bits per heavy atom. The van der Waals surface area contributed by atoms with Crippen molar-refractivity contribution in [2.75, 3.05) is 6.61 Å². The summed E-state index contributed by atoms with van der Waals surface area (Å²) in [6.45, 7) is 5.03. The standard InChI is InChI=1S/C23H24O2/c1-21(2)14-9-15-22(24-18-21)16-17-23(25-22,19-10-5-3-6-11-19)20-12-7-4-8-13-20/h3-8,10-13H,14,16-18H2,1-2H3. The molecular weight excluding hydrogens is 308 g/mol. The molecule has 1 unspecified atom stereocenters. The first-order valence-corrected chi connectivity index (χ1v) is 8.99. The highest BCUT2D eigenvalue weighted by Crippen LogP contribution is 2.50. The molecule has 1 spiro atoms. The smallest absolute Gasteiger partial charge is 0.234 e. The van der Waals surface area contributed by atoms with Crippen molar-refractivity contribution in [2.45, 2.75) is 44.5 Å². The van der Waals surface area contributed by atoms with E-state index in [9.17, 15) is 0 Å². The van der Waals surface area contributed by atoms with E-state index in [4.69, 9.17) is 9.47 Å². The lowest BCUT2D eigenvalue weighted by atomic mass is 9.84. The van der Waals surface area contributed by atoms with Crippen LogP contribution in [0.3, 0.4) is 0 Å². The molecule has 2 aromatic carbocycles. The van der Waals surface area contributed by atoms with Crippen molar-refractivity contribution in [3.8, 4) is 11.8 Å². The van der Waals surface area contributed by atoms with Gasteiger partial charge in [-0.3, -0.25) is 0 Å². The predicted molar refractivity (Wildman–Crippen MR) is 98.8 cm³/mol. The second-order valence-electron chi connectivity index (χ2n) is 7.85. The van der Waals surface area contributed by atoms with Gasteiger partial charge in [0.05, 0.1) is 6.61 Å². The quantitative estimate of drug-likeness (QED) is 0.729. The van der Waals surface area contributed by atoms with E-state index in [0.717, 1.165) is 30.4 Å². The van der Waals surface area contributed by atoms with Gasteiger partial charge in [-0.2, -0.15) is 0 Å². The molecule has 0 aromatic heterocycles. The summed E-state index contributed by atoms with van der Waals surface area (Å²) in [5.41, 5.74) is 1.87. The number of ether oxygens (including phenoxy) is 2. The molecule has 2 aliphatic rings. The summed E-state index contributed by atoms with van der Waals surface area (Å²) >= 11 is 0. The van der Waals surface area contributed by atoms with Crippen molar-refractivity contribution in [3.05, 3.63) is 71.8 Å². The maximum Gasteiger partial charge on any atom is 0.234 e. The SMILES string of the molecule is CC1(C)CC#CC2(CCC(c3ccccc3)(c3ccccc3)O2)OC1. The molecule has 128 valence electrons. The van der Waals surface area contributed by atoms with Crippen LogP contribution in [-0.2, 0) is 15.1 Å². The van der Waals surface area contributed by atoms with Crippen molar-refractivity contribution >= 4 is 0 Å². The maximum absolute atomic E-state index is 6.73. The number of hydrogen-bond donors (Lipinski definition) is 0. The minimum Gasteiger partial charge on any atom is -0.339 e. The van der Waals surface area contributed by atoms with Crippen LogP contribution in [0.25, 0.3) is 0 Å². The first kappa shape index (κ1) is 16.4. The van der Waals surface area contributed by atoms with E-state index >= 15 is 0 Å². The van der Waals surface area contributed by atoms with Crippen LogP contribution < -0.4 is 0 Å². The third-order valence-electron chi connectivity index (χ3n) is 5.17. The summed E-state index contributed by atoms with van der Waals surface area (Å²) in [6, 6.07) is 20.9. The Kier molecular flexibility index (Phi) is 3.95. The largest absolute Gasteiger partial charge is 0.339 e. The van der Waals surface area contributed by atoms with Crippen LogP contribution in [0.1, 0.15) is 44.2 Å². The topological polar surface area (TPSA) is 18.5 Å². The molecule has 0 aliphatic carbocycles. The minimum absolute atomic E-state index is 0.0601. The molecule has 4 rings (SSSR count). The Morgan fingerprint density at radius 1 is 0.840 bits per heavy atom. The summed E-state index contributed by atoms with van der Waals surface area (Å²) in [7, 11) is 0. The van der Waals surface area contributed by atoms with Gasteiger partial charge in [0.15, 0.2) is 0 Å². The van der Waals surface area contributed by atoms with E-state index in [1.807, 2.05) is 12.1 Å².